The second-order valence-electron chi connectivity index (χ2n) is 4.31. The van der Waals surface area contributed by atoms with E-state index in [1.54, 1.807) is 12.3 Å². The number of hydrogen-bond acceptors (Lipinski definition) is 4. The standard InChI is InChI=1S/C12H16N2O5/c15-11(16)5-10-8-19-4-2-14(10)12(17)13-6-9-1-3-18-7-9/h1,3,7,10H,2,4-6,8H2,(H,13,17)(H,15,16). The van der Waals surface area contributed by atoms with E-state index in [4.69, 9.17) is 14.3 Å². The van der Waals surface area contributed by atoms with Crippen LogP contribution in [0.1, 0.15) is 12.0 Å². The van der Waals surface area contributed by atoms with Crippen LogP contribution in [0, 0.1) is 0 Å². The van der Waals surface area contributed by atoms with Crippen molar-refractivity contribution in [2.45, 2.75) is 19.0 Å². The lowest BCUT2D eigenvalue weighted by molar-refractivity contribution is -0.139. The Morgan fingerprint density at radius 2 is 2.37 bits per heavy atom. The Labute approximate surface area is 110 Å². The summed E-state index contributed by atoms with van der Waals surface area (Å²) in [5, 5.41) is 11.6. The van der Waals surface area contributed by atoms with Gasteiger partial charge in [0.25, 0.3) is 0 Å². The second kappa shape index (κ2) is 6.24. The van der Waals surface area contributed by atoms with E-state index in [1.807, 2.05) is 0 Å². The first-order valence-corrected chi connectivity index (χ1v) is 6.02. The molecule has 2 heterocycles. The summed E-state index contributed by atoms with van der Waals surface area (Å²) in [5.74, 6) is -0.942. The van der Waals surface area contributed by atoms with Crippen LogP contribution in [0.3, 0.4) is 0 Å². The normalized spacial score (nSPS) is 19.2. The molecule has 1 aliphatic rings. The predicted molar refractivity (Wildman–Crippen MR) is 64.5 cm³/mol. The van der Waals surface area contributed by atoms with E-state index in [0.29, 0.717) is 19.7 Å². The highest BCUT2D eigenvalue weighted by Crippen LogP contribution is 2.11. The van der Waals surface area contributed by atoms with Crippen molar-refractivity contribution in [1.82, 2.24) is 10.2 Å². The van der Waals surface area contributed by atoms with Crippen LogP contribution in [0.5, 0.6) is 0 Å². The molecule has 0 spiro atoms. The van der Waals surface area contributed by atoms with Crippen molar-refractivity contribution in [3.63, 3.8) is 0 Å². The van der Waals surface area contributed by atoms with Crippen LogP contribution in [0.2, 0.25) is 0 Å². The summed E-state index contributed by atoms with van der Waals surface area (Å²) in [7, 11) is 0. The van der Waals surface area contributed by atoms with Gasteiger partial charge in [-0.3, -0.25) is 4.79 Å². The van der Waals surface area contributed by atoms with E-state index in [9.17, 15) is 9.59 Å². The van der Waals surface area contributed by atoms with E-state index >= 15 is 0 Å². The first-order valence-electron chi connectivity index (χ1n) is 6.02. The van der Waals surface area contributed by atoms with Gasteiger partial charge in [0.2, 0.25) is 0 Å². The number of rotatable bonds is 4. The number of carboxylic acid groups (broad SMARTS) is 1. The molecule has 1 aliphatic heterocycles. The van der Waals surface area contributed by atoms with Crippen LogP contribution in [-0.2, 0) is 16.1 Å². The third-order valence-corrected chi connectivity index (χ3v) is 2.92. The van der Waals surface area contributed by atoms with Crippen LogP contribution in [-0.4, -0.2) is 47.8 Å². The van der Waals surface area contributed by atoms with Gasteiger partial charge in [-0.2, -0.15) is 0 Å². The number of furan rings is 1. The summed E-state index contributed by atoms with van der Waals surface area (Å²) < 4.78 is 10.1. The molecule has 1 aromatic heterocycles. The van der Waals surface area contributed by atoms with E-state index < -0.39 is 12.0 Å². The van der Waals surface area contributed by atoms with Gasteiger partial charge in [-0.1, -0.05) is 0 Å². The van der Waals surface area contributed by atoms with Crippen LogP contribution >= 0.6 is 0 Å². The fraction of sp³-hybridized carbons (Fsp3) is 0.500. The number of nitrogens with one attached hydrogen (secondary N) is 1. The number of nitrogens with zero attached hydrogens (tertiary/aromatic N) is 1. The van der Waals surface area contributed by atoms with Crippen LogP contribution in [0.4, 0.5) is 4.79 Å². The number of amides is 2. The van der Waals surface area contributed by atoms with E-state index in [-0.39, 0.29) is 19.1 Å². The number of hydrogen-bond donors (Lipinski definition) is 2. The van der Waals surface area contributed by atoms with Crippen LogP contribution < -0.4 is 5.32 Å². The molecule has 0 bridgehead atoms. The molecule has 1 unspecified atom stereocenters. The third-order valence-electron chi connectivity index (χ3n) is 2.92. The lowest BCUT2D eigenvalue weighted by atomic mass is 10.1. The summed E-state index contributed by atoms with van der Waals surface area (Å²) in [4.78, 5) is 24.3. The molecule has 1 fully saturated rings. The monoisotopic (exact) mass is 268 g/mol. The molecule has 0 radical (unpaired) electrons. The topological polar surface area (TPSA) is 92.0 Å². The largest absolute Gasteiger partial charge is 0.481 e. The average molecular weight is 268 g/mol. The molecule has 1 atom stereocenters. The summed E-state index contributed by atoms with van der Waals surface area (Å²) in [5.41, 5.74) is 0.858. The highest BCUT2D eigenvalue weighted by Gasteiger charge is 2.28. The van der Waals surface area contributed by atoms with Crippen LogP contribution in [0.15, 0.2) is 23.0 Å². The van der Waals surface area contributed by atoms with Crippen LogP contribution in [0.25, 0.3) is 0 Å². The number of ether oxygens (including phenoxy) is 1. The number of carboxylic acids is 1. The Morgan fingerprint density at radius 1 is 1.53 bits per heavy atom. The fourth-order valence-corrected chi connectivity index (χ4v) is 1.97. The van der Waals surface area contributed by atoms with Crippen molar-refractivity contribution in [3.8, 4) is 0 Å². The molecule has 1 saturated heterocycles. The van der Waals surface area contributed by atoms with Gasteiger partial charge in [0.15, 0.2) is 0 Å². The average Bonchev–Trinajstić information content (AvgIpc) is 2.89. The molecule has 104 valence electrons. The molecule has 7 heteroatoms. The minimum absolute atomic E-state index is 0.112. The molecule has 1 aromatic rings. The zero-order chi connectivity index (χ0) is 13.7. The van der Waals surface area contributed by atoms with Gasteiger partial charge in [0.1, 0.15) is 0 Å². The minimum Gasteiger partial charge on any atom is -0.481 e. The van der Waals surface area contributed by atoms with Crippen molar-refractivity contribution in [2.24, 2.45) is 0 Å². The molecule has 19 heavy (non-hydrogen) atoms. The smallest absolute Gasteiger partial charge is 0.318 e. The predicted octanol–water partition coefficient (Wildman–Crippen LogP) is 0.665. The summed E-state index contributed by atoms with van der Waals surface area (Å²) in [6.07, 6.45) is 2.97. The van der Waals surface area contributed by atoms with Gasteiger partial charge in [0, 0.05) is 18.7 Å². The van der Waals surface area contributed by atoms with Crippen molar-refractivity contribution in [3.05, 3.63) is 24.2 Å². The zero-order valence-corrected chi connectivity index (χ0v) is 10.4. The van der Waals surface area contributed by atoms with E-state index in [2.05, 4.69) is 5.32 Å². The zero-order valence-electron chi connectivity index (χ0n) is 10.4. The summed E-state index contributed by atoms with van der Waals surface area (Å²) >= 11 is 0. The van der Waals surface area contributed by atoms with Gasteiger partial charge < -0.3 is 24.5 Å². The van der Waals surface area contributed by atoms with Gasteiger partial charge in [-0.25, -0.2) is 4.79 Å². The van der Waals surface area contributed by atoms with Gasteiger partial charge >= 0.3 is 12.0 Å². The Bertz CT molecular complexity index is 431. The number of carbonyl (C=O) groups excluding carboxylic acids is 1. The molecule has 2 N–H and O–H groups in total. The Balaban J connectivity index is 1.89. The molecule has 2 rings (SSSR count). The quantitative estimate of drug-likeness (QED) is 0.837. The Hall–Kier alpha value is -2.02. The lowest BCUT2D eigenvalue weighted by Crippen LogP contribution is -2.52. The second-order valence-corrected chi connectivity index (χ2v) is 4.31. The van der Waals surface area contributed by atoms with Crippen molar-refractivity contribution >= 4 is 12.0 Å². The lowest BCUT2D eigenvalue weighted by Gasteiger charge is -2.34. The first-order chi connectivity index (χ1) is 9.16. The number of carbonyl (C=O) groups is 2. The maximum absolute atomic E-state index is 12.0. The highest BCUT2D eigenvalue weighted by molar-refractivity contribution is 5.76. The van der Waals surface area contributed by atoms with E-state index in [1.165, 1.54) is 11.2 Å². The van der Waals surface area contributed by atoms with Gasteiger partial charge in [0.05, 0.1) is 38.2 Å². The molecular weight excluding hydrogens is 252 g/mol. The Morgan fingerprint density at radius 3 is 3.05 bits per heavy atom. The maximum Gasteiger partial charge on any atom is 0.318 e. The maximum atomic E-state index is 12.0. The van der Waals surface area contributed by atoms with E-state index in [0.717, 1.165) is 5.56 Å². The minimum atomic E-state index is -0.942. The Kier molecular flexibility index (Phi) is 4.40. The number of aliphatic carboxylic acids is 1. The third kappa shape index (κ3) is 3.72. The van der Waals surface area contributed by atoms with Crippen molar-refractivity contribution in [1.29, 1.82) is 0 Å². The first kappa shape index (κ1) is 13.4. The van der Waals surface area contributed by atoms with Crippen molar-refractivity contribution in [2.75, 3.05) is 19.8 Å². The molecular formula is C12H16N2O5. The number of urea groups is 1. The molecule has 0 saturated carbocycles. The molecule has 2 amide bonds. The SMILES string of the molecule is O=C(O)CC1COCCN1C(=O)NCc1ccoc1. The molecule has 0 aliphatic carbocycles. The summed E-state index contributed by atoms with van der Waals surface area (Å²) in [6.45, 7) is 1.43. The summed E-state index contributed by atoms with van der Waals surface area (Å²) in [6, 6.07) is 1.06. The fourth-order valence-electron chi connectivity index (χ4n) is 1.97. The number of morpholine rings is 1. The van der Waals surface area contributed by atoms with Gasteiger partial charge in [-0.15, -0.1) is 0 Å². The molecule has 0 aromatic carbocycles. The van der Waals surface area contributed by atoms with Crippen molar-refractivity contribution < 1.29 is 23.8 Å². The van der Waals surface area contributed by atoms with Gasteiger partial charge in [-0.05, 0) is 6.07 Å². The highest BCUT2D eigenvalue weighted by atomic mass is 16.5. The molecule has 7 nitrogen and oxygen atoms in total.